The molecular weight excluding hydrogens is 320 g/mol. The van der Waals surface area contributed by atoms with Gasteiger partial charge in [-0.1, -0.05) is 24.0 Å². The summed E-state index contributed by atoms with van der Waals surface area (Å²) in [7, 11) is 0. The topological polar surface area (TPSA) is 114 Å². The standard InChI is InChI=1S/C11H8N2O6S2/c14-9(15)3-4-12-10(16)7(21-11(12)20)5-6-1-2-8(19-6)13(17)18/h1-2,5H,3-4H2,(H,14,15)/b7-5+. The van der Waals surface area contributed by atoms with E-state index in [9.17, 15) is 19.7 Å². The van der Waals surface area contributed by atoms with E-state index in [-0.39, 0.29) is 28.0 Å². The lowest BCUT2D eigenvalue weighted by Crippen LogP contribution is -2.30. The lowest BCUT2D eigenvalue weighted by atomic mass is 10.3. The van der Waals surface area contributed by atoms with E-state index < -0.39 is 22.7 Å². The number of hydrogen-bond acceptors (Lipinski definition) is 7. The Balaban J connectivity index is 2.15. The van der Waals surface area contributed by atoms with Crippen LogP contribution in [0.3, 0.4) is 0 Å². The quantitative estimate of drug-likeness (QED) is 0.377. The second-order valence-electron chi connectivity index (χ2n) is 3.91. The molecule has 0 spiro atoms. The molecule has 0 radical (unpaired) electrons. The van der Waals surface area contributed by atoms with Crippen molar-refractivity contribution in [1.29, 1.82) is 0 Å². The minimum absolute atomic E-state index is 0.0182. The summed E-state index contributed by atoms with van der Waals surface area (Å²) in [5.74, 6) is -1.75. The first kappa shape index (κ1) is 15.2. The van der Waals surface area contributed by atoms with Crippen molar-refractivity contribution in [2.24, 2.45) is 0 Å². The Kier molecular flexibility index (Phi) is 4.38. The zero-order chi connectivity index (χ0) is 15.6. The minimum atomic E-state index is -1.03. The summed E-state index contributed by atoms with van der Waals surface area (Å²) in [6.45, 7) is -0.0182. The van der Waals surface area contributed by atoms with Crippen LogP contribution in [-0.2, 0) is 9.59 Å². The Bertz CT molecular complexity index is 665. The predicted molar refractivity (Wildman–Crippen MR) is 77.5 cm³/mol. The van der Waals surface area contributed by atoms with Crippen LogP contribution in [0.1, 0.15) is 12.2 Å². The molecule has 10 heteroatoms. The Morgan fingerprint density at radius 3 is 2.86 bits per heavy atom. The van der Waals surface area contributed by atoms with Gasteiger partial charge in [-0.05, 0) is 6.07 Å². The van der Waals surface area contributed by atoms with Crippen LogP contribution in [0, 0.1) is 10.1 Å². The second-order valence-corrected chi connectivity index (χ2v) is 5.59. The number of carbonyl (C=O) groups is 2. The van der Waals surface area contributed by atoms with E-state index in [1.165, 1.54) is 23.1 Å². The van der Waals surface area contributed by atoms with Crippen LogP contribution in [0.4, 0.5) is 5.88 Å². The Morgan fingerprint density at radius 1 is 1.57 bits per heavy atom. The summed E-state index contributed by atoms with van der Waals surface area (Å²) in [5, 5.41) is 19.1. The molecule has 1 aliphatic heterocycles. The summed E-state index contributed by atoms with van der Waals surface area (Å²) < 4.78 is 5.17. The highest BCUT2D eigenvalue weighted by atomic mass is 32.2. The lowest BCUT2D eigenvalue weighted by Gasteiger charge is -2.12. The third-order valence-electron chi connectivity index (χ3n) is 2.49. The lowest BCUT2D eigenvalue weighted by molar-refractivity contribution is -0.402. The van der Waals surface area contributed by atoms with Gasteiger partial charge in [0.1, 0.15) is 15.0 Å². The Hall–Kier alpha value is -2.20. The van der Waals surface area contributed by atoms with Crippen molar-refractivity contribution in [3.8, 4) is 0 Å². The van der Waals surface area contributed by atoms with Crippen LogP contribution in [-0.4, -0.2) is 37.7 Å². The summed E-state index contributed by atoms with van der Waals surface area (Å²) in [6, 6.07) is 2.54. The van der Waals surface area contributed by atoms with E-state index in [0.29, 0.717) is 0 Å². The van der Waals surface area contributed by atoms with E-state index in [4.69, 9.17) is 21.7 Å². The first-order valence-electron chi connectivity index (χ1n) is 5.60. The number of aliphatic carboxylic acids is 1. The third-order valence-corrected chi connectivity index (χ3v) is 3.87. The van der Waals surface area contributed by atoms with Crippen molar-refractivity contribution in [2.75, 3.05) is 6.54 Å². The van der Waals surface area contributed by atoms with Crippen molar-refractivity contribution in [3.05, 3.63) is 32.9 Å². The number of nitrogens with zero attached hydrogens (tertiary/aromatic N) is 2. The first-order valence-corrected chi connectivity index (χ1v) is 6.82. The monoisotopic (exact) mass is 328 g/mol. The van der Waals surface area contributed by atoms with E-state index in [1.54, 1.807) is 0 Å². The number of amides is 1. The average molecular weight is 328 g/mol. The highest BCUT2D eigenvalue weighted by Gasteiger charge is 2.32. The van der Waals surface area contributed by atoms with Crippen LogP contribution < -0.4 is 0 Å². The molecule has 2 heterocycles. The van der Waals surface area contributed by atoms with E-state index in [1.807, 2.05) is 0 Å². The molecule has 21 heavy (non-hydrogen) atoms. The average Bonchev–Trinajstić information content (AvgIpc) is 2.95. The number of carbonyl (C=O) groups excluding carboxylic acids is 1. The van der Waals surface area contributed by atoms with E-state index in [0.717, 1.165) is 11.8 Å². The summed E-state index contributed by atoms with van der Waals surface area (Å²) in [4.78, 5) is 33.8. The normalized spacial score (nSPS) is 16.8. The highest BCUT2D eigenvalue weighted by molar-refractivity contribution is 8.26. The Morgan fingerprint density at radius 2 is 2.29 bits per heavy atom. The fourth-order valence-corrected chi connectivity index (χ4v) is 2.84. The highest BCUT2D eigenvalue weighted by Crippen LogP contribution is 2.33. The molecule has 1 aromatic rings. The van der Waals surface area contributed by atoms with Gasteiger partial charge in [0.2, 0.25) is 0 Å². The molecule has 0 saturated carbocycles. The molecule has 1 fully saturated rings. The zero-order valence-corrected chi connectivity index (χ0v) is 12.0. The van der Waals surface area contributed by atoms with Gasteiger partial charge in [0.15, 0.2) is 0 Å². The van der Waals surface area contributed by atoms with Crippen LogP contribution in [0.2, 0.25) is 0 Å². The molecular formula is C11H8N2O6S2. The van der Waals surface area contributed by atoms with Gasteiger partial charge in [0, 0.05) is 12.6 Å². The molecule has 1 aromatic heterocycles. The van der Waals surface area contributed by atoms with Crippen molar-refractivity contribution >= 4 is 52.1 Å². The largest absolute Gasteiger partial charge is 0.481 e. The second kappa shape index (κ2) is 6.06. The predicted octanol–water partition coefficient (Wildman–Crippen LogP) is 1.86. The van der Waals surface area contributed by atoms with Crippen molar-refractivity contribution < 1.29 is 24.0 Å². The number of rotatable bonds is 5. The molecule has 1 saturated heterocycles. The molecule has 0 aliphatic carbocycles. The summed E-state index contributed by atoms with van der Waals surface area (Å²) in [6.07, 6.45) is 1.12. The zero-order valence-electron chi connectivity index (χ0n) is 10.3. The van der Waals surface area contributed by atoms with Crippen LogP contribution >= 0.6 is 24.0 Å². The maximum Gasteiger partial charge on any atom is 0.433 e. The number of furan rings is 1. The van der Waals surface area contributed by atoms with Gasteiger partial charge in [-0.25, -0.2) is 0 Å². The van der Waals surface area contributed by atoms with Crippen LogP contribution in [0.25, 0.3) is 6.08 Å². The molecule has 0 unspecified atom stereocenters. The molecule has 110 valence electrons. The SMILES string of the molecule is O=C(O)CCN1C(=O)/C(=C\c2ccc([N+](=O)[O-])o2)SC1=S. The minimum Gasteiger partial charge on any atom is -0.481 e. The summed E-state index contributed by atoms with van der Waals surface area (Å²) >= 11 is 6.00. The van der Waals surface area contributed by atoms with Gasteiger partial charge < -0.3 is 9.52 Å². The van der Waals surface area contributed by atoms with Gasteiger partial charge >= 0.3 is 11.9 Å². The molecule has 8 nitrogen and oxygen atoms in total. The molecule has 1 N–H and O–H groups in total. The van der Waals surface area contributed by atoms with Gasteiger partial charge in [-0.15, -0.1) is 0 Å². The molecule has 2 rings (SSSR count). The number of carboxylic acid groups (broad SMARTS) is 1. The summed E-state index contributed by atoms with van der Waals surface area (Å²) in [5.41, 5.74) is 0. The molecule has 1 amide bonds. The number of carboxylic acids is 1. The molecule has 0 aromatic carbocycles. The van der Waals surface area contributed by atoms with Gasteiger partial charge in [-0.3, -0.25) is 24.6 Å². The number of thiocarbonyl (C=S) groups is 1. The molecule has 0 bridgehead atoms. The van der Waals surface area contributed by atoms with Crippen molar-refractivity contribution in [3.63, 3.8) is 0 Å². The number of nitro groups is 1. The van der Waals surface area contributed by atoms with Crippen molar-refractivity contribution in [2.45, 2.75) is 6.42 Å². The maximum absolute atomic E-state index is 12.1. The fraction of sp³-hybridized carbons (Fsp3) is 0.182. The molecule has 0 atom stereocenters. The van der Waals surface area contributed by atoms with E-state index in [2.05, 4.69) is 0 Å². The first-order chi connectivity index (χ1) is 9.88. The van der Waals surface area contributed by atoms with Crippen LogP contribution in [0.15, 0.2) is 21.5 Å². The van der Waals surface area contributed by atoms with Crippen LogP contribution in [0.5, 0.6) is 0 Å². The number of thioether (sulfide) groups is 1. The fourth-order valence-electron chi connectivity index (χ4n) is 1.55. The Labute approximate surface area is 127 Å². The maximum atomic E-state index is 12.1. The number of hydrogen-bond donors (Lipinski definition) is 1. The van der Waals surface area contributed by atoms with Crippen molar-refractivity contribution in [1.82, 2.24) is 4.90 Å². The smallest absolute Gasteiger partial charge is 0.433 e. The van der Waals surface area contributed by atoms with Gasteiger partial charge in [-0.2, -0.15) is 0 Å². The molecule has 1 aliphatic rings. The third kappa shape index (κ3) is 3.47. The van der Waals surface area contributed by atoms with Gasteiger partial charge in [0.25, 0.3) is 5.91 Å². The van der Waals surface area contributed by atoms with Gasteiger partial charge in [0.05, 0.1) is 17.4 Å². The van der Waals surface area contributed by atoms with E-state index >= 15 is 0 Å².